The van der Waals surface area contributed by atoms with Crippen molar-refractivity contribution >= 4 is 55.3 Å². The van der Waals surface area contributed by atoms with Crippen LogP contribution in [0.3, 0.4) is 0 Å². The number of benzene rings is 7. The minimum absolute atomic E-state index is 0. The first-order valence-corrected chi connectivity index (χ1v) is 25.3. The van der Waals surface area contributed by atoms with Gasteiger partial charge in [0.1, 0.15) is 5.65 Å². The number of amidine groups is 1. The van der Waals surface area contributed by atoms with Crippen LogP contribution in [0.5, 0.6) is 0 Å². The van der Waals surface area contributed by atoms with E-state index >= 15 is 0 Å². The Bertz CT molecular complexity index is 3870. The number of fused-ring (bicyclic) bond motifs is 10. The van der Waals surface area contributed by atoms with Crippen LogP contribution in [0.4, 0.5) is 5.69 Å². The van der Waals surface area contributed by atoms with Gasteiger partial charge in [-0.2, -0.15) is 6.07 Å². The molecule has 1 spiro atoms. The maximum Gasteiger partial charge on any atom is 2.00 e. The number of nitrogens with zero attached hydrogens (tertiary/aromatic N) is 5. The van der Waals surface area contributed by atoms with E-state index in [0.717, 1.165) is 68.6 Å². The van der Waals surface area contributed by atoms with Crippen molar-refractivity contribution < 1.29 is 21.1 Å². The van der Waals surface area contributed by atoms with E-state index in [-0.39, 0.29) is 32.0 Å². The van der Waals surface area contributed by atoms with Crippen molar-refractivity contribution in [2.24, 2.45) is 4.99 Å². The van der Waals surface area contributed by atoms with Gasteiger partial charge in [0, 0.05) is 28.2 Å². The third-order valence-electron chi connectivity index (χ3n) is 16.6. The van der Waals surface area contributed by atoms with Crippen LogP contribution in [-0.4, -0.2) is 25.5 Å². The van der Waals surface area contributed by atoms with Crippen molar-refractivity contribution in [1.82, 2.24) is 14.1 Å². The van der Waals surface area contributed by atoms with E-state index < -0.39 is 5.54 Å². The molecular weight excluding hydrogens is 1050 g/mol. The summed E-state index contributed by atoms with van der Waals surface area (Å²) in [4.78, 5) is 13.9. The number of rotatable bonds is 5. The van der Waals surface area contributed by atoms with Gasteiger partial charge in [-0.3, -0.25) is 0 Å². The summed E-state index contributed by atoms with van der Waals surface area (Å²) in [5.74, 6) is 1.73. The zero-order chi connectivity index (χ0) is 48.2. The van der Waals surface area contributed by atoms with Gasteiger partial charge in [-0.15, -0.1) is 46.8 Å². The largest absolute Gasteiger partial charge is 2.00 e. The molecule has 0 radical (unpaired) electrons. The summed E-state index contributed by atoms with van der Waals surface area (Å²) in [6.45, 7) is 23.3. The van der Waals surface area contributed by atoms with Gasteiger partial charge in [0.15, 0.2) is 0 Å². The van der Waals surface area contributed by atoms with Crippen LogP contribution >= 0.6 is 0 Å². The molecule has 0 N–H and O–H groups in total. The number of anilines is 1. The summed E-state index contributed by atoms with van der Waals surface area (Å²) in [7, 11) is 0. The predicted octanol–water partition coefficient (Wildman–Crippen LogP) is 15.9. The van der Waals surface area contributed by atoms with Gasteiger partial charge in [0.2, 0.25) is 0 Å². The van der Waals surface area contributed by atoms with Crippen LogP contribution in [0.25, 0.3) is 66.2 Å². The Kier molecular flexibility index (Phi) is 10.3. The van der Waals surface area contributed by atoms with E-state index in [1.54, 1.807) is 0 Å². The molecule has 0 amide bonds. The number of pyridine rings is 1. The molecular formula is C65H59N5Pt. The second-order valence-electron chi connectivity index (χ2n) is 22.4. The fourth-order valence-electron chi connectivity index (χ4n) is 12.9. The Balaban J connectivity index is 0.00000517. The van der Waals surface area contributed by atoms with Crippen molar-refractivity contribution in [2.45, 2.75) is 110 Å². The Labute approximate surface area is 432 Å². The van der Waals surface area contributed by atoms with Gasteiger partial charge in [0.25, 0.3) is 0 Å². The molecule has 2 aliphatic heterocycles. The summed E-state index contributed by atoms with van der Waals surface area (Å²) >= 11 is 0. The minimum Gasteiger partial charge on any atom is -0.357 e. The molecule has 0 bridgehead atoms. The van der Waals surface area contributed by atoms with Crippen LogP contribution in [0.1, 0.15) is 117 Å². The first-order valence-electron chi connectivity index (χ1n) is 25.3. The van der Waals surface area contributed by atoms with Gasteiger partial charge >= 0.3 is 21.1 Å². The normalized spacial score (nSPS) is 19.3. The summed E-state index contributed by atoms with van der Waals surface area (Å²) in [5.41, 5.74) is 20.7. The van der Waals surface area contributed by atoms with Gasteiger partial charge in [-0.05, 0) is 144 Å². The number of hydrogen-bond donors (Lipinski definition) is 0. The molecule has 5 nitrogen and oxygen atoms in total. The summed E-state index contributed by atoms with van der Waals surface area (Å²) < 4.78 is 4.71. The Morgan fingerprint density at radius 1 is 0.690 bits per heavy atom. The maximum absolute atomic E-state index is 6.13. The molecule has 3 aliphatic rings. The minimum atomic E-state index is -0.469. The summed E-state index contributed by atoms with van der Waals surface area (Å²) in [6, 6.07) is 58.0. The first kappa shape index (κ1) is 45.6. The van der Waals surface area contributed by atoms with E-state index in [9.17, 15) is 0 Å². The number of para-hydroxylation sites is 1. The van der Waals surface area contributed by atoms with E-state index in [4.69, 9.17) is 9.98 Å². The van der Waals surface area contributed by atoms with E-state index in [0.29, 0.717) is 11.8 Å². The summed E-state index contributed by atoms with van der Waals surface area (Å²) in [6.07, 6.45) is 3.86. The van der Waals surface area contributed by atoms with Gasteiger partial charge in [-0.25, -0.2) is 4.98 Å². The van der Waals surface area contributed by atoms with Crippen molar-refractivity contribution in [2.75, 3.05) is 4.90 Å². The Morgan fingerprint density at radius 3 is 2.24 bits per heavy atom. The molecule has 1 unspecified atom stereocenters. The molecule has 7 aromatic carbocycles. The molecule has 71 heavy (non-hydrogen) atoms. The number of hydrogen-bond acceptors (Lipinski definition) is 3. The average Bonchev–Trinajstić information content (AvgIpc) is 4.00. The molecule has 3 aromatic heterocycles. The fourth-order valence-corrected chi connectivity index (χ4v) is 12.9. The topological polar surface area (TPSA) is 38.4 Å². The third kappa shape index (κ3) is 6.54. The predicted molar refractivity (Wildman–Crippen MR) is 292 cm³/mol. The molecule has 10 aromatic rings. The number of aliphatic imine (C=N–C) groups is 1. The zero-order valence-corrected chi connectivity index (χ0v) is 44.7. The van der Waals surface area contributed by atoms with E-state index in [2.05, 4.69) is 223 Å². The number of aromatic nitrogens is 3. The van der Waals surface area contributed by atoms with Crippen molar-refractivity contribution in [3.05, 3.63) is 202 Å². The van der Waals surface area contributed by atoms with Crippen LogP contribution in [0, 0.1) is 32.9 Å². The van der Waals surface area contributed by atoms with Gasteiger partial charge < -0.3 is 19.0 Å². The maximum atomic E-state index is 6.13. The quantitative estimate of drug-likeness (QED) is 0.161. The molecule has 0 fully saturated rings. The SMILES string of the molecule is Cc1ccc2c(c1)c1ccc(-n3c4ccc(-c5ccccc5)cc4c4cccnc43)[c-]c1n2-c1[c-]c(C2=N[C@]3(C)c4cc(C)c(C)cc4C[C@@]34CC(C)c3cccc(C(C)C)c3N24)cc(C(C)(C)C)c1.[Pt+2]. The number of aryl methyl sites for hydroxylation is 3. The Morgan fingerprint density at radius 2 is 1.45 bits per heavy atom. The van der Waals surface area contributed by atoms with Crippen LogP contribution in [0.2, 0.25) is 0 Å². The van der Waals surface area contributed by atoms with Crippen molar-refractivity contribution in [3.63, 3.8) is 0 Å². The zero-order valence-electron chi connectivity index (χ0n) is 42.4. The molecule has 354 valence electrons. The van der Waals surface area contributed by atoms with E-state index in [1.165, 1.54) is 72.1 Å². The van der Waals surface area contributed by atoms with Gasteiger partial charge in [-0.1, -0.05) is 137 Å². The average molecular weight is 1110 g/mol. The first-order chi connectivity index (χ1) is 33.6. The molecule has 0 saturated carbocycles. The second-order valence-corrected chi connectivity index (χ2v) is 22.4. The molecule has 6 heteroatoms. The van der Waals surface area contributed by atoms with Crippen molar-refractivity contribution in [1.29, 1.82) is 0 Å². The molecule has 1 aliphatic carbocycles. The molecule has 0 saturated heterocycles. The van der Waals surface area contributed by atoms with Crippen LogP contribution in [-0.2, 0) is 38.4 Å². The molecule has 3 atom stereocenters. The van der Waals surface area contributed by atoms with E-state index in [1.807, 2.05) is 12.3 Å². The standard InChI is InChI=1S/C65H59N5.Pt/c1-38(2)50-18-14-19-51-42(6)36-65-37-46-29-40(4)41(5)30-56(46)64(65,10)67-61(70(65)60(50)51)45-31-47(63(7,8)9)34-49(32-45)68-57-25-21-39(3)28-54(57)52-24-23-48(35-59(52)68)69-58-26-22-44(43-16-12-11-13-17-43)33-55(58)53-20-15-27-66-62(53)69;/h11-31,33-34,38,42H,36-37H2,1-10H3;/q-2;+2/t42?,64-,65+;/m1./s1. The fraction of sp³-hybridized carbons (Fsp3) is 0.262. The van der Waals surface area contributed by atoms with Crippen molar-refractivity contribution in [3.8, 4) is 22.5 Å². The summed E-state index contributed by atoms with van der Waals surface area (Å²) in [5, 5.41) is 4.64. The van der Waals surface area contributed by atoms with Gasteiger partial charge in [0.05, 0.1) is 22.4 Å². The third-order valence-corrected chi connectivity index (χ3v) is 16.6. The molecule has 5 heterocycles. The van der Waals surface area contributed by atoms with Crippen LogP contribution in [0.15, 0.2) is 145 Å². The Hall–Kier alpha value is -6.55. The smallest absolute Gasteiger partial charge is 0.357 e. The van der Waals surface area contributed by atoms with Crippen LogP contribution < -0.4 is 4.90 Å². The molecule has 13 rings (SSSR count). The second kappa shape index (κ2) is 16.0. The monoisotopic (exact) mass is 1100 g/mol.